The monoisotopic (exact) mass is 453 g/mol. The van der Waals surface area contributed by atoms with Crippen LogP contribution in [-0.2, 0) is 9.59 Å². The van der Waals surface area contributed by atoms with E-state index in [1.165, 1.54) is 23.6 Å². The number of carbonyl (C=O) groups excluding carboxylic acids is 2. The van der Waals surface area contributed by atoms with E-state index in [-0.39, 0.29) is 29.5 Å². The molecule has 176 valence electrons. The summed E-state index contributed by atoms with van der Waals surface area (Å²) in [5.41, 5.74) is -0.0214. The molecule has 2 atom stereocenters. The molecule has 1 heterocycles. The lowest BCUT2D eigenvalue weighted by atomic mass is 9.94. The second kappa shape index (κ2) is 14.2. The lowest BCUT2D eigenvalue weighted by molar-refractivity contribution is -0.135. The summed E-state index contributed by atoms with van der Waals surface area (Å²) in [6.07, 6.45) is 7.19. The molecule has 0 saturated carbocycles. The normalized spacial score (nSPS) is 13.1. The molecular weight excluding hydrogens is 414 g/mol. The molecule has 1 rings (SSSR count). The molecule has 8 heteroatoms. The lowest BCUT2D eigenvalue weighted by Crippen LogP contribution is -2.46. The standard InChI is InChI=1S/C23H39N3O4S/c1-6-8-10-11-13-26(21(28)12-9-7-2)20(16(3)4)14-18(24-17(5)27)22-25-19(15-31-22)23(29)30/h15-16,18,20H,6-14H2,1-5H3,(H,24,27)(H,29,30). The van der Waals surface area contributed by atoms with Gasteiger partial charge in [0, 0.05) is 31.3 Å². The number of hydrogen-bond acceptors (Lipinski definition) is 5. The summed E-state index contributed by atoms with van der Waals surface area (Å²) in [5, 5.41) is 14.2. The summed E-state index contributed by atoms with van der Waals surface area (Å²) >= 11 is 1.23. The highest BCUT2D eigenvalue weighted by Crippen LogP contribution is 2.28. The number of aromatic nitrogens is 1. The van der Waals surface area contributed by atoms with Crippen LogP contribution < -0.4 is 5.32 Å². The molecule has 0 fully saturated rings. The van der Waals surface area contributed by atoms with E-state index in [0.717, 1.165) is 38.5 Å². The zero-order chi connectivity index (χ0) is 23.4. The van der Waals surface area contributed by atoms with Gasteiger partial charge in [-0.15, -0.1) is 11.3 Å². The van der Waals surface area contributed by atoms with Crippen molar-refractivity contribution in [3.63, 3.8) is 0 Å². The van der Waals surface area contributed by atoms with Crippen molar-refractivity contribution in [1.82, 2.24) is 15.2 Å². The third-order valence-electron chi connectivity index (χ3n) is 5.38. The zero-order valence-corrected chi connectivity index (χ0v) is 20.5. The number of rotatable bonds is 15. The fourth-order valence-corrected chi connectivity index (χ4v) is 4.53. The number of amides is 2. The predicted octanol–water partition coefficient (Wildman–Crippen LogP) is 5.03. The van der Waals surface area contributed by atoms with E-state index in [1.54, 1.807) is 0 Å². The maximum Gasteiger partial charge on any atom is 0.355 e. The zero-order valence-electron chi connectivity index (χ0n) is 19.6. The molecule has 7 nitrogen and oxygen atoms in total. The van der Waals surface area contributed by atoms with Gasteiger partial charge in [-0.3, -0.25) is 9.59 Å². The van der Waals surface area contributed by atoms with Crippen LogP contribution >= 0.6 is 11.3 Å². The smallest absolute Gasteiger partial charge is 0.355 e. The van der Waals surface area contributed by atoms with E-state index in [1.807, 2.05) is 4.90 Å². The van der Waals surface area contributed by atoms with E-state index in [9.17, 15) is 19.5 Å². The number of carbonyl (C=O) groups is 3. The first-order valence-corrected chi connectivity index (χ1v) is 12.3. The Kier molecular flexibility index (Phi) is 12.4. The molecule has 2 amide bonds. The molecule has 0 aliphatic carbocycles. The molecule has 2 N–H and O–H groups in total. The highest BCUT2D eigenvalue weighted by Gasteiger charge is 2.31. The van der Waals surface area contributed by atoms with Crippen molar-refractivity contribution in [3.8, 4) is 0 Å². The predicted molar refractivity (Wildman–Crippen MR) is 124 cm³/mol. The van der Waals surface area contributed by atoms with E-state index >= 15 is 0 Å². The van der Waals surface area contributed by atoms with Crippen LogP contribution in [-0.4, -0.2) is 45.4 Å². The molecule has 0 aliphatic heterocycles. The Balaban J connectivity index is 3.13. The van der Waals surface area contributed by atoms with Crippen LogP contribution in [0, 0.1) is 5.92 Å². The Morgan fingerprint density at radius 1 is 1.13 bits per heavy atom. The summed E-state index contributed by atoms with van der Waals surface area (Å²) in [5.74, 6) is -0.945. The van der Waals surface area contributed by atoms with Crippen LogP contribution in [0.2, 0.25) is 0 Å². The number of nitrogens with one attached hydrogen (secondary N) is 1. The van der Waals surface area contributed by atoms with Crippen LogP contribution in [0.3, 0.4) is 0 Å². The minimum absolute atomic E-state index is 0.0214. The second-order valence-corrected chi connectivity index (χ2v) is 9.32. The topological polar surface area (TPSA) is 99.6 Å². The van der Waals surface area contributed by atoms with Gasteiger partial charge in [-0.05, 0) is 25.2 Å². The fraction of sp³-hybridized carbons (Fsp3) is 0.739. The number of carboxylic acid groups (broad SMARTS) is 1. The molecule has 0 aromatic carbocycles. The van der Waals surface area contributed by atoms with Gasteiger partial charge in [0.1, 0.15) is 5.01 Å². The first kappa shape index (κ1) is 27.1. The summed E-state index contributed by atoms with van der Waals surface area (Å²) < 4.78 is 0. The van der Waals surface area contributed by atoms with Gasteiger partial charge in [-0.1, -0.05) is 53.4 Å². The van der Waals surface area contributed by atoms with Crippen molar-refractivity contribution in [3.05, 3.63) is 16.1 Å². The van der Waals surface area contributed by atoms with Gasteiger partial charge in [0.2, 0.25) is 11.8 Å². The Labute approximate surface area is 190 Å². The molecule has 0 bridgehead atoms. The number of aromatic carboxylic acids is 1. The summed E-state index contributed by atoms with van der Waals surface area (Å²) in [7, 11) is 0. The van der Waals surface area contributed by atoms with Crippen LogP contribution in [0.25, 0.3) is 0 Å². The second-order valence-electron chi connectivity index (χ2n) is 8.43. The van der Waals surface area contributed by atoms with Crippen molar-refractivity contribution < 1.29 is 19.5 Å². The summed E-state index contributed by atoms with van der Waals surface area (Å²) in [6.45, 7) is 10.6. The van der Waals surface area contributed by atoms with Gasteiger partial charge in [0.05, 0.1) is 6.04 Å². The molecule has 1 aromatic heterocycles. The van der Waals surface area contributed by atoms with E-state index in [4.69, 9.17) is 0 Å². The largest absolute Gasteiger partial charge is 0.476 e. The summed E-state index contributed by atoms with van der Waals surface area (Å²) in [6, 6.07) is -0.500. The van der Waals surface area contributed by atoms with Gasteiger partial charge in [0.25, 0.3) is 0 Å². The quantitative estimate of drug-likeness (QED) is 0.363. The number of carboxylic acids is 1. The van der Waals surface area contributed by atoms with Crippen molar-refractivity contribution in [1.29, 1.82) is 0 Å². The molecule has 0 radical (unpaired) electrons. The summed E-state index contributed by atoms with van der Waals surface area (Å²) in [4.78, 5) is 42.4. The number of thiazole rings is 1. The average molecular weight is 454 g/mol. The van der Waals surface area contributed by atoms with Crippen molar-refractivity contribution >= 4 is 29.1 Å². The van der Waals surface area contributed by atoms with Gasteiger partial charge in [0.15, 0.2) is 5.69 Å². The van der Waals surface area contributed by atoms with Crippen molar-refractivity contribution in [2.45, 2.75) is 98.1 Å². The molecule has 2 unspecified atom stereocenters. The van der Waals surface area contributed by atoms with Crippen molar-refractivity contribution in [2.24, 2.45) is 5.92 Å². The molecular formula is C23H39N3O4S. The van der Waals surface area contributed by atoms with Crippen molar-refractivity contribution in [2.75, 3.05) is 6.54 Å². The Hall–Kier alpha value is -1.96. The minimum Gasteiger partial charge on any atom is -0.476 e. The minimum atomic E-state index is -1.09. The fourth-order valence-electron chi connectivity index (χ4n) is 3.67. The third kappa shape index (κ3) is 9.37. The lowest BCUT2D eigenvalue weighted by Gasteiger charge is -2.37. The molecule has 0 aliphatic rings. The SMILES string of the molecule is CCCCCCN(C(=O)CCCC)C(CC(NC(C)=O)c1nc(C(=O)O)cs1)C(C)C. The molecule has 0 spiro atoms. The first-order chi connectivity index (χ1) is 14.7. The van der Waals surface area contributed by atoms with Crippen LogP contribution in [0.1, 0.15) is 108 Å². The maximum atomic E-state index is 13.1. The van der Waals surface area contributed by atoms with E-state index < -0.39 is 12.0 Å². The number of hydrogen-bond donors (Lipinski definition) is 2. The molecule has 0 saturated heterocycles. The highest BCUT2D eigenvalue weighted by atomic mass is 32.1. The van der Waals surface area contributed by atoms with Crippen LogP contribution in [0.4, 0.5) is 0 Å². The van der Waals surface area contributed by atoms with Gasteiger partial charge in [-0.25, -0.2) is 9.78 Å². The van der Waals surface area contributed by atoms with Crippen LogP contribution in [0.15, 0.2) is 5.38 Å². The maximum absolute atomic E-state index is 13.1. The third-order valence-corrected chi connectivity index (χ3v) is 6.34. The van der Waals surface area contributed by atoms with Gasteiger partial charge in [-0.2, -0.15) is 0 Å². The molecule has 1 aromatic rings. The Morgan fingerprint density at radius 2 is 1.81 bits per heavy atom. The number of nitrogens with zero attached hydrogens (tertiary/aromatic N) is 2. The molecule has 31 heavy (non-hydrogen) atoms. The van der Waals surface area contributed by atoms with Crippen LogP contribution in [0.5, 0.6) is 0 Å². The highest BCUT2D eigenvalue weighted by molar-refractivity contribution is 7.09. The first-order valence-electron chi connectivity index (χ1n) is 11.5. The van der Waals surface area contributed by atoms with E-state index in [2.05, 4.69) is 38.0 Å². The average Bonchev–Trinajstić information content (AvgIpc) is 3.20. The Bertz CT molecular complexity index is 705. The number of unbranched alkanes of at least 4 members (excludes halogenated alkanes) is 4. The Morgan fingerprint density at radius 3 is 2.32 bits per heavy atom. The van der Waals surface area contributed by atoms with Gasteiger partial charge < -0.3 is 15.3 Å². The van der Waals surface area contributed by atoms with E-state index in [0.29, 0.717) is 24.4 Å². The van der Waals surface area contributed by atoms with Gasteiger partial charge >= 0.3 is 5.97 Å².